The third-order valence-electron chi connectivity index (χ3n) is 5.68. The zero-order chi connectivity index (χ0) is 25.4. The maximum atomic E-state index is 13.2. The molecule has 1 unspecified atom stereocenters. The summed E-state index contributed by atoms with van der Waals surface area (Å²) in [6, 6.07) is 23.1. The second-order valence-electron chi connectivity index (χ2n) is 8.88. The SMILES string of the molecule is CC(C)CC(NC(=O)c1ccccc1-c1ccccc1CN(Cc1ccccc1)C(=O)O)C(N)=O. The fourth-order valence-corrected chi connectivity index (χ4v) is 3.99. The van der Waals surface area contributed by atoms with E-state index in [1.54, 1.807) is 12.1 Å². The van der Waals surface area contributed by atoms with Crippen LogP contribution in [0.25, 0.3) is 11.1 Å². The number of nitrogens with zero attached hydrogens (tertiary/aromatic N) is 1. The number of nitrogens with one attached hydrogen (secondary N) is 1. The molecule has 4 N–H and O–H groups in total. The number of benzene rings is 3. The lowest BCUT2D eigenvalue weighted by Crippen LogP contribution is -2.45. The molecule has 7 heteroatoms. The summed E-state index contributed by atoms with van der Waals surface area (Å²) >= 11 is 0. The van der Waals surface area contributed by atoms with Gasteiger partial charge in [-0.15, -0.1) is 0 Å². The van der Waals surface area contributed by atoms with Crippen LogP contribution in [0.2, 0.25) is 0 Å². The van der Waals surface area contributed by atoms with Crippen molar-refractivity contribution in [3.63, 3.8) is 0 Å². The van der Waals surface area contributed by atoms with Gasteiger partial charge >= 0.3 is 6.09 Å². The monoisotopic (exact) mass is 473 g/mol. The van der Waals surface area contributed by atoms with Gasteiger partial charge in [-0.1, -0.05) is 86.6 Å². The normalized spacial score (nSPS) is 11.6. The maximum absolute atomic E-state index is 13.2. The summed E-state index contributed by atoms with van der Waals surface area (Å²) in [5.41, 5.74) is 8.95. The molecule has 0 radical (unpaired) electrons. The molecule has 7 nitrogen and oxygen atoms in total. The van der Waals surface area contributed by atoms with Gasteiger partial charge in [0.05, 0.1) is 0 Å². The van der Waals surface area contributed by atoms with Crippen LogP contribution in [0.15, 0.2) is 78.9 Å². The number of rotatable bonds is 10. The Labute approximate surface area is 205 Å². The second kappa shape index (κ2) is 11.8. The summed E-state index contributed by atoms with van der Waals surface area (Å²) in [6.07, 6.45) is -0.597. The number of carbonyl (C=O) groups is 3. The molecule has 0 fully saturated rings. The molecule has 0 spiro atoms. The summed E-state index contributed by atoms with van der Waals surface area (Å²) < 4.78 is 0. The van der Waals surface area contributed by atoms with Gasteiger partial charge < -0.3 is 16.2 Å². The molecule has 182 valence electrons. The molecule has 0 bridgehead atoms. The van der Waals surface area contributed by atoms with Crippen LogP contribution in [0, 0.1) is 5.92 Å². The quantitative estimate of drug-likeness (QED) is 0.397. The van der Waals surface area contributed by atoms with Crippen LogP contribution in [-0.2, 0) is 17.9 Å². The maximum Gasteiger partial charge on any atom is 0.407 e. The van der Waals surface area contributed by atoms with Crippen LogP contribution in [-0.4, -0.2) is 34.0 Å². The number of nitrogens with two attached hydrogens (primary N) is 1. The van der Waals surface area contributed by atoms with Gasteiger partial charge in [0.1, 0.15) is 6.04 Å². The van der Waals surface area contributed by atoms with E-state index < -0.39 is 23.9 Å². The fourth-order valence-electron chi connectivity index (χ4n) is 3.99. The Balaban J connectivity index is 1.92. The Morgan fingerprint density at radius 1 is 0.857 bits per heavy atom. The van der Waals surface area contributed by atoms with Crippen LogP contribution in [0.4, 0.5) is 4.79 Å². The van der Waals surface area contributed by atoms with Crippen molar-refractivity contribution < 1.29 is 19.5 Å². The van der Waals surface area contributed by atoms with E-state index in [0.717, 1.165) is 16.7 Å². The van der Waals surface area contributed by atoms with E-state index in [1.807, 2.05) is 80.6 Å². The standard InChI is InChI=1S/C28H31N3O4/c1-19(2)16-25(26(29)32)30-27(33)24-15-9-8-14-23(24)22-13-7-6-12-21(22)18-31(28(34)35)17-20-10-4-3-5-11-20/h3-15,19,25H,16-18H2,1-2H3,(H2,29,32)(H,30,33)(H,34,35). The van der Waals surface area contributed by atoms with Crippen LogP contribution in [0.3, 0.4) is 0 Å². The fraction of sp³-hybridized carbons (Fsp3) is 0.250. The molecule has 1 atom stereocenters. The van der Waals surface area contributed by atoms with E-state index in [0.29, 0.717) is 17.5 Å². The van der Waals surface area contributed by atoms with Crippen LogP contribution < -0.4 is 11.1 Å². The first-order chi connectivity index (χ1) is 16.8. The number of hydrogen-bond donors (Lipinski definition) is 3. The van der Waals surface area contributed by atoms with Gasteiger partial charge in [-0.2, -0.15) is 0 Å². The van der Waals surface area contributed by atoms with Crippen LogP contribution in [0.1, 0.15) is 41.8 Å². The lowest BCUT2D eigenvalue weighted by Gasteiger charge is -2.22. The van der Waals surface area contributed by atoms with Crippen molar-refractivity contribution in [3.8, 4) is 11.1 Å². The molecule has 0 aliphatic heterocycles. The van der Waals surface area contributed by atoms with Gasteiger partial charge in [0.25, 0.3) is 5.91 Å². The van der Waals surface area contributed by atoms with Crippen molar-refractivity contribution in [2.24, 2.45) is 11.7 Å². The predicted octanol–water partition coefficient (Wildman–Crippen LogP) is 4.66. The third kappa shape index (κ3) is 6.93. The summed E-state index contributed by atoms with van der Waals surface area (Å²) in [5, 5.41) is 12.6. The highest BCUT2D eigenvalue weighted by atomic mass is 16.4. The minimum atomic E-state index is -1.03. The van der Waals surface area contributed by atoms with E-state index in [4.69, 9.17) is 5.73 Å². The van der Waals surface area contributed by atoms with E-state index in [1.165, 1.54) is 4.90 Å². The first-order valence-electron chi connectivity index (χ1n) is 11.6. The van der Waals surface area contributed by atoms with Gasteiger partial charge in [-0.25, -0.2) is 4.79 Å². The molecule has 3 aromatic rings. The van der Waals surface area contributed by atoms with Gasteiger partial charge in [-0.05, 0) is 40.7 Å². The van der Waals surface area contributed by atoms with E-state index in [2.05, 4.69) is 5.32 Å². The molecule has 0 aliphatic rings. The second-order valence-corrected chi connectivity index (χ2v) is 8.88. The van der Waals surface area contributed by atoms with E-state index in [-0.39, 0.29) is 19.0 Å². The Morgan fingerprint density at radius 2 is 1.46 bits per heavy atom. The molecular weight excluding hydrogens is 442 g/mol. The van der Waals surface area contributed by atoms with Crippen molar-refractivity contribution in [2.75, 3.05) is 0 Å². The first kappa shape index (κ1) is 25.5. The average molecular weight is 474 g/mol. The Hall–Kier alpha value is -4.13. The zero-order valence-corrected chi connectivity index (χ0v) is 20.0. The third-order valence-corrected chi connectivity index (χ3v) is 5.68. The largest absolute Gasteiger partial charge is 0.465 e. The average Bonchev–Trinajstić information content (AvgIpc) is 2.83. The number of carbonyl (C=O) groups excluding carboxylic acids is 2. The van der Waals surface area contributed by atoms with Crippen molar-refractivity contribution in [2.45, 2.75) is 39.4 Å². The Bertz CT molecular complexity index is 1180. The highest BCUT2D eigenvalue weighted by Crippen LogP contribution is 2.29. The molecule has 3 aromatic carbocycles. The highest BCUT2D eigenvalue weighted by molar-refractivity contribution is 6.03. The molecule has 3 amide bonds. The topological polar surface area (TPSA) is 113 Å². The van der Waals surface area contributed by atoms with Crippen molar-refractivity contribution in [3.05, 3.63) is 95.6 Å². The number of amides is 3. The molecule has 0 saturated carbocycles. The molecule has 0 aromatic heterocycles. The van der Waals surface area contributed by atoms with E-state index in [9.17, 15) is 19.5 Å². The summed E-state index contributed by atoms with van der Waals surface area (Å²) in [7, 11) is 0. The van der Waals surface area contributed by atoms with Crippen molar-refractivity contribution in [1.29, 1.82) is 0 Å². The van der Waals surface area contributed by atoms with Gasteiger partial charge in [0.15, 0.2) is 0 Å². The molecule has 3 rings (SSSR count). The Kier molecular flexibility index (Phi) is 8.62. The van der Waals surface area contributed by atoms with Gasteiger partial charge in [0, 0.05) is 18.7 Å². The lowest BCUT2D eigenvalue weighted by molar-refractivity contribution is -0.120. The van der Waals surface area contributed by atoms with Gasteiger partial charge in [0.2, 0.25) is 5.91 Å². The highest BCUT2D eigenvalue weighted by Gasteiger charge is 2.23. The first-order valence-corrected chi connectivity index (χ1v) is 11.6. The summed E-state index contributed by atoms with van der Waals surface area (Å²) in [4.78, 5) is 38.4. The number of hydrogen-bond acceptors (Lipinski definition) is 3. The van der Waals surface area contributed by atoms with Gasteiger partial charge in [-0.3, -0.25) is 14.5 Å². The summed E-state index contributed by atoms with van der Waals surface area (Å²) in [6.45, 7) is 4.29. The summed E-state index contributed by atoms with van der Waals surface area (Å²) in [5.74, 6) is -0.808. The Morgan fingerprint density at radius 3 is 2.09 bits per heavy atom. The minimum absolute atomic E-state index is 0.146. The van der Waals surface area contributed by atoms with E-state index >= 15 is 0 Å². The molecule has 35 heavy (non-hydrogen) atoms. The van der Waals surface area contributed by atoms with Crippen LogP contribution in [0.5, 0.6) is 0 Å². The lowest BCUT2D eigenvalue weighted by atomic mass is 9.94. The smallest absolute Gasteiger partial charge is 0.407 e. The minimum Gasteiger partial charge on any atom is -0.465 e. The number of primary amides is 1. The molecule has 0 aliphatic carbocycles. The van der Waals surface area contributed by atoms with Crippen molar-refractivity contribution >= 4 is 17.9 Å². The molecular formula is C28H31N3O4. The van der Waals surface area contributed by atoms with Crippen molar-refractivity contribution in [1.82, 2.24) is 10.2 Å². The predicted molar refractivity (Wildman–Crippen MR) is 135 cm³/mol. The molecule has 0 heterocycles. The zero-order valence-electron chi connectivity index (χ0n) is 20.0. The molecule has 0 saturated heterocycles. The van der Waals surface area contributed by atoms with Crippen LogP contribution >= 0.6 is 0 Å². The number of carboxylic acid groups (broad SMARTS) is 1.